The highest BCUT2D eigenvalue weighted by atomic mass is 32.2. The van der Waals surface area contributed by atoms with E-state index in [2.05, 4.69) is 10.0 Å². The Bertz CT molecular complexity index is 1180. The third kappa shape index (κ3) is 6.53. The zero-order valence-electron chi connectivity index (χ0n) is 18.2. The second-order valence-electron chi connectivity index (χ2n) is 7.23. The lowest BCUT2D eigenvalue weighted by atomic mass is 10.1. The lowest BCUT2D eigenvalue weighted by molar-refractivity contribution is -0.122. The van der Waals surface area contributed by atoms with Crippen LogP contribution in [0.3, 0.4) is 0 Å². The van der Waals surface area contributed by atoms with Gasteiger partial charge in [-0.05, 0) is 41.8 Å². The average Bonchev–Trinajstić information content (AvgIpc) is 2.82. The molecule has 2 N–H and O–H groups in total. The Morgan fingerprint density at radius 1 is 0.909 bits per heavy atom. The van der Waals surface area contributed by atoms with Crippen molar-refractivity contribution in [3.63, 3.8) is 0 Å². The highest BCUT2D eigenvalue weighted by molar-refractivity contribution is 7.89. The molecule has 1 amide bonds. The van der Waals surface area contributed by atoms with Gasteiger partial charge in [0.05, 0.1) is 14.2 Å². The topological polar surface area (TPSA) is 93.7 Å². The van der Waals surface area contributed by atoms with Gasteiger partial charge in [-0.25, -0.2) is 12.8 Å². The summed E-state index contributed by atoms with van der Waals surface area (Å²) in [6, 6.07) is 18.0. The molecule has 0 aromatic heterocycles. The molecular weight excluding hydrogens is 447 g/mol. The van der Waals surface area contributed by atoms with Crippen LogP contribution in [0.1, 0.15) is 11.1 Å². The maximum absolute atomic E-state index is 14.1. The molecule has 3 rings (SSSR count). The predicted octanol–water partition coefficient (Wildman–Crippen LogP) is 3.05. The molecule has 0 radical (unpaired) electrons. The number of carbonyl (C=O) groups is 1. The van der Waals surface area contributed by atoms with Gasteiger partial charge in [0, 0.05) is 12.6 Å². The van der Waals surface area contributed by atoms with Gasteiger partial charge in [0.15, 0.2) is 0 Å². The Balaban J connectivity index is 1.82. The summed E-state index contributed by atoms with van der Waals surface area (Å²) in [6.45, 7) is 0.110. The normalized spacial score (nSPS) is 12.1. The minimum atomic E-state index is -4.29. The second kappa shape index (κ2) is 10.9. The Morgan fingerprint density at radius 2 is 1.52 bits per heavy atom. The molecule has 0 heterocycles. The maximum Gasteiger partial charge on any atom is 0.244 e. The van der Waals surface area contributed by atoms with Gasteiger partial charge >= 0.3 is 0 Å². The SMILES string of the molecule is COc1cc(CNC(=O)C(Cc2ccccc2)NS(=O)(=O)c2ccccc2F)cc(OC)c1. The van der Waals surface area contributed by atoms with E-state index in [9.17, 15) is 17.6 Å². The summed E-state index contributed by atoms with van der Waals surface area (Å²) in [4.78, 5) is 12.5. The molecule has 0 aliphatic rings. The lowest BCUT2D eigenvalue weighted by Crippen LogP contribution is -2.47. The van der Waals surface area contributed by atoms with Crippen molar-refractivity contribution in [3.05, 3.63) is 89.7 Å². The summed E-state index contributed by atoms with van der Waals surface area (Å²) in [5, 5.41) is 2.74. The third-order valence-electron chi connectivity index (χ3n) is 4.90. The van der Waals surface area contributed by atoms with Crippen LogP contribution < -0.4 is 19.5 Å². The fourth-order valence-electron chi connectivity index (χ4n) is 3.23. The first-order valence-electron chi connectivity index (χ1n) is 10.1. The first-order chi connectivity index (χ1) is 15.8. The van der Waals surface area contributed by atoms with Gasteiger partial charge in [-0.2, -0.15) is 4.72 Å². The monoisotopic (exact) mass is 472 g/mol. The minimum absolute atomic E-state index is 0.0851. The molecule has 9 heteroatoms. The molecular formula is C24H25FN2O5S. The predicted molar refractivity (Wildman–Crippen MR) is 122 cm³/mol. The third-order valence-corrected chi connectivity index (χ3v) is 6.41. The number of ether oxygens (including phenoxy) is 2. The summed E-state index contributed by atoms with van der Waals surface area (Å²) in [6.07, 6.45) is 0.0851. The van der Waals surface area contributed by atoms with E-state index < -0.39 is 32.7 Å². The van der Waals surface area contributed by atoms with Crippen molar-refractivity contribution < 1.29 is 27.1 Å². The van der Waals surface area contributed by atoms with Crippen LogP contribution in [0.25, 0.3) is 0 Å². The smallest absolute Gasteiger partial charge is 0.244 e. The van der Waals surface area contributed by atoms with E-state index in [0.717, 1.165) is 17.7 Å². The Labute approximate surface area is 192 Å². The summed E-state index contributed by atoms with van der Waals surface area (Å²) in [7, 11) is -1.25. The van der Waals surface area contributed by atoms with Crippen LogP contribution in [0.15, 0.2) is 77.7 Å². The number of hydrogen-bond donors (Lipinski definition) is 2. The molecule has 0 bridgehead atoms. The first kappa shape index (κ1) is 24.2. The van der Waals surface area contributed by atoms with Crippen molar-refractivity contribution in [1.29, 1.82) is 0 Å². The van der Waals surface area contributed by atoms with Crippen LogP contribution >= 0.6 is 0 Å². The van der Waals surface area contributed by atoms with Gasteiger partial charge in [0.2, 0.25) is 15.9 Å². The van der Waals surface area contributed by atoms with E-state index in [1.54, 1.807) is 42.5 Å². The molecule has 0 saturated carbocycles. The van der Waals surface area contributed by atoms with Crippen molar-refractivity contribution in [2.45, 2.75) is 23.9 Å². The molecule has 3 aromatic carbocycles. The van der Waals surface area contributed by atoms with E-state index in [0.29, 0.717) is 17.1 Å². The van der Waals surface area contributed by atoms with E-state index in [4.69, 9.17) is 9.47 Å². The number of benzene rings is 3. The number of halogens is 1. The summed E-state index contributed by atoms with van der Waals surface area (Å²) >= 11 is 0. The lowest BCUT2D eigenvalue weighted by Gasteiger charge is -2.19. The number of hydrogen-bond acceptors (Lipinski definition) is 5. The number of methoxy groups -OCH3 is 2. The van der Waals surface area contributed by atoms with Crippen molar-refractivity contribution in [2.75, 3.05) is 14.2 Å². The van der Waals surface area contributed by atoms with Crippen LogP contribution in [0, 0.1) is 5.82 Å². The standard InChI is InChI=1S/C24H25FN2O5S/c1-31-19-12-18(13-20(15-19)32-2)16-26-24(28)22(14-17-8-4-3-5-9-17)27-33(29,30)23-11-7-6-10-21(23)25/h3-13,15,22,27H,14,16H2,1-2H3,(H,26,28). The quantitative estimate of drug-likeness (QED) is 0.473. The zero-order chi connectivity index (χ0) is 23.8. The number of carbonyl (C=O) groups excluding carboxylic acids is 1. The molecule has 7 nitrogen and oxygen atoms in total. The van der Waals surface area contributed by atoms with Gasteiger partial charge < -0.3 is 14.8 Å². The molecule has 3 aromatic rings. The Kier molecular flexibility index (Phi) is 8.02. The largest absolute Gasteiger partial charge is 0.497 e. The van der Waals surface area contributed by atoms with Crippen LogP contribution in [0.5, 0.6) is 11.5 Å². The summed E-state index contributed by atoms with van der Waals surface area (Å²) in [5.74, 6) is -0.340. The van der Waals surface area contributed by atoms with Crippen molar-refractivity contribution in [3.8, 4) is 11.5 Å². The molecule has 174 valence electrons. The van der Waals surface area contributed by atoms with Crippen LogP contribution in [0.2, 0.25) is 0 Å². The van der Waals surface area contributed by atoms with Crippen LogP contribution in [0.4, 0.5) is 4.39 Å². The van der Waals surface area contributed by atoms with Gasteiger partial charge in [-0.15, -0.1) is 0 Å². The zero-order valence-corrected chi connectivity index (χ0v) is 19.1. The summed E-state index contributed by atoms with van der Waals surface area (Å²) in [5.41, 5.74) is 1.45. The van der Waals surface area contributed by atoms with E-state index in [-0.39, 0.29) is 13.0 Å². The number of nitrogens with one attached hydrogen (secondary N) is 2. The van der Waals surface area contributed by atoms with Gasteiger partial charge in [-0.1, -0.05) is 42.5 Å². The fourth-order valence-corrected chi connectivity index (χ4v) is 4.51. The molecule has 0 saturated heterocycles. The number of sulfonamides is 1. The molecule has 0 fully saturated rings. The number of rotatable bonds is 10. The van der Waals surface area contributed by atoms with Gasteiger partial charge in [0.25, 0.3) is 0 Å². The van der Waals surface area contributed by atoms with E-state index >= 15 is 0 Å². The summed E-state index contributed by atoms with van der Waals surface area (Å²) < 4.78 is 52.6. The van der Waals surface area contributed by atoms with Crippen molar-refractivity contribution in [1.82, 2.24) is 10.0 Å². The highest BCUT2D eigenvalue weighted by Crippen LogP contribution is 2.22. The molecule has 0 aliphatic heterocycles. The van der Waals surface area contributed by atoms with Crippen molar-refractivity contribution >= 4 is 15.9 Å². The number of amides is 1. The van der Waals surface area contributed by atoms with Gasteiger partial charge in [-0.3, -0.25) is 4.79 Å². The maximum atomic E-state index is 14.1. The molecule has 33 heavy (non-hydrogen) atoms. The van der Waals surface area contributed by atoms with Crippen molar-refractivity contribution in [2.24, 2.45) is 0 Å². The Hall–Kier alpha value is -3.43. The fraction of sp³-hybridized carbons (Fsp3) is 0.208. The minimum Gasteiger partial charge on any atom is -0.497 e. The van der Waals surface area contributed by atoms with Gasteiger partial charge in [0.1, 0.15) is 28.3 Å². The Morgan fingerprint density at radius 3 is 2.12 bits per heavy atom. The van der Waals surface area contributed by atoms with E-state index in [1.807, 2.05) is 6.07 Å². The highest BCUT2D eigenvalue weighted by Gasteiger charge is 2.27. The molecule has 1 unspecified atom stereocenters. The average molecular weight is 473 g/mol. The second-order valence-corrected chi connectivity index (χ2v) is 8.92. The van der Waals surface area contributed by atoms with Crippen LogP contribution in [-0.4, -0.2) is 34.6 Å². The first-order valence-corrected chi connectivity index (χ1v) is 11.6. The van der Waals surface area contributed by atoms with Crippen LogP contribution in [-0.2, 0) is 27.8 Å². The molecule has 0 spiro atoms. The molecule has 1 atom stereocenters. The molecule has 0 aliphatic carbocycles. The van der Waals surface area contributed by atoms with E-state index in [1.165, 1.54) is 26.4 Å².